The van der Waals surface area contributed by atoms with E-state index in [2.05, 4.69) is 100 Å². The average molecular weight is 476 g/mol. The molecular weight excluding hydrogens is 442 g/mol. The van der Waals surface area contributed by atoms with E-state index in [0.29, 0.717) is 0 Å². The molecule has 0 saturated carbocycles. The summed E-state index contributed by atoms with van der Waals surface area (Å²) < 4.78 is 0. The molecule has 5 rings (SSSR count). The molecule has 36 heavy (non-hydrogen) atoms. The number of hydrogen-bond donors (Lipinski definition) is 2. The van der Waals surface area contributed by atoms with Gasteiger partial charge in [0, 0.05) is 33.3 Å². The number of nitrogens with zero attached hydrogens (tertiary/aromatic N) is 3. The summed E-state index contributed by atoms with van der Waals surface area (Å²) in [6, 6.07) is 26.9. The molecule has 0 aliphatic carbocycles. The molecule has 0 aliphatic heterocycles. The molecule has 5 nitrogen and oxygen atoms in total. The Hall–Kier alpha value is -3.99. The van der Waals surface area contributed by atoms with Crippen molar-refractivity contribution in [2.24, 2.45) is 0 Å². The second-order valence-electron chi connectivity index (χ2n) is 11.3. The van der Waals surface area contributed by atoms with Gasteiger partial charge in [-0.1, -0.05) is 108 Å². The van der Waals surface area contributed by atoms with Crippen molar-refractivity contribution in [2.75, 3.05) is 0 Å². The molecule has 0 aliphatic rings. The summed E-state index contributed by atoms with van der Waals surface area (Å²) >= 11 is 0. The van der Waals surface area contributed by atoms with E-state index < -0.39 is 0 Å². The second-order valence-corrected chi connectivity index (χ2v) is 11.3. The number of pyridine rings is 1. The van der Waals surface area contributed by atoms with Crippen molar-refractivity contribution >= 4 is 0 Å². The van der Waals surface area contributed by atoms with Crippen LogP contribution in [0, 0.1) is 0 Å². The monoisotopic (exact) mass is 475 g/mol. The van der Waals surface area contributed by atoms with Crippen LogP contribution >= 0.6 is 0 Å². The first-order valence-corrected chi connectivity index (χ1v) is 12.4. The number of hydrogen-bond acceptors (Lipinski definition) is 3. The van der Waals surface area contributed by atoms with Crippen molar-refractivity contribution in [1.82, 2.24) is 25.4 Å². The van der Waals surface area contributed by atoms with Gasteiger partial charge in [0.15, 0.2) is 0 Å². The third kappa shape index (κ3) is 4.37. The number of rotatable bonds is 4. The van der Waals surface area contributed by atoms with Crippen LogP contribution in [0.25, 0.3) is 45.0 Å². The fourth-order valence-electron chi connectivity index (χ4n) is 4.61. The predicted octanol–water partition coefficient (Wildman–Crippen LogP) is 7.79. The summed E-state index contributed by atoms with van der Waals surface area (Å²) in [5, 5.41) is 16.2. The van der Waals surface area contributed by atoms with E-state index in [1.54, 1.807) is 0 Å². The van der Waals surface area contributed by atoms with Crippen LogP contribution in [0.2, 0.25) is 0 Å². The van der Waals surface area contributed by atoms with Gasteiger partial charge in [0.2, 0.25) is 0 Å². The normalized spacial score (nSPS) is 12.2. The van der Waals surface area contributed by atoms with E-state index in [0.717, 1.165) is 56.4 Å². The van der Waals surface area contributed by atoms with Crippen LogP contribution in [0.15, 0.2) is 78.9 Å². The van der Waals surface area contributed by atoms with Gasteiger partial charge in [-0.15, -0.1) is 0 Å². The van der Waals surface area contributed by atoms with Crippen molar-refractivity contribution in [2.45, 2.75) is 52.4 Å². The predicted molar refractivity (Wildman–Crippen MR) is 148 cm³/mol. The van der Waals surface area contributed by atoms with Crippen molar-refractivity contribution in [3.05, 3.63) is 90.3 Å². The molecule has 0 radical (unpaired) electrons. The highest BCUT2D eigenvalue weighted by Gasteiger charge is 2.28. The molecule has 2 aromatic carbocycles. The van der Waals surface area contributed by atoms with E-state index in [1.807, 2.05) is 30.3 Å². The Balaban J connectivity index is 1.70. The fraction of sp³-hybridized carbons (Fsp3) is 0.258. The van der Waals surface area contributed by atoms with E-state index in [9.17, 15) is 0 Å². The summed E-state index contributed by atoms with van der Waals surface area (Å²) in [5.74, 6) is 0. The number of benzene rings is 2. The molecule has 0 amide bonds. The molecule has 0 bridgehead atoms. The zero-order valence-corrected chi connectivity index (χ0v) is 21.8. The van der Waals surface area contributed by atoms with Gasteiger partial charge in [-0.25, -0.2) is 4.98 Å². The first kappa shape index (κ1) is 23.7. The van der Waals surface area contributed by atoms with E-state index in [-0.39, 0.29) is 10.8 Å². The second kappa shape index (κ2) is 8.90. The van der Waals surface area contributed by atoms with Gasteiger partial charge >= 0.3 is 0 Å². The number of aromatic amines is 2. The van der Waals surface area contributed by atoms with Crippen LogP contribution in [0.4, 0.5) is 0 Å². The molecule has 182 valence electrons. The molecule has 3 heterocycles. The average Bonchev–Trinajstić information content (AvgIpc) is 3.51. The Morgan fingerprint density at radius 1 is 0.500 bits per heavy atom. The minimum Gasteiger partial charge on any atom is -0.281 e. The van der Waals surface area contributed by atoms with Gasteiger partial charge in [-0.2, -0.15) is 10.2 Å². The molecule has 5 heteroatoms. The molecular formula is C31H33N5. The van der Waals surface area contributed by atoms with E-state index >= 15 is 0 Å². The summed E-state index contributed by atoms with van der Waals surface area (Å²) in [7, 11) is 0. The maximum absolute atomic E-state index is 5.11. The first-order chi connectivity index (χ1) is 17.1. The molecule has 0 atom stereocenters. The van der Waals surface area contributed by atoms with Gasteiger partial charge in [0.1, 0.15) is 11.4 Å². The summed E-state index contributed by atoms with van der Waals surface area (Å²) in [6.07, 6.45) is 0. The molecule has 5 aromatic rings. The maximum Gasteiger partial charge on any atom is 0.119 e. The van der Waals surface area contributed by atoms with Crippen LogP contribution in [-0.2, 0) is 10.8 Å². The fourth-order valence-corrected chi connectivity index (χ4v) is 4.61. The molecule has 0 unspecified atom stereocenters. The van der Waals surface area contributed by atoms with Gasteiger partial charge in [0.05, 0.1) is 11.4 Å². The lowest BCUT2D eigenvalue weighted by Crippen LogP contribution is -2.13. The molecule has 0 saturated heterocycles. The van der Waals surface area contributed by atoms with Crippen LogP contribution < -0.4 is 0 Å². The highest BCUT2D eigenvalue weighted by molar-refractivity contribution is 5.85. The van der Waals surface area contributed by atoms with Crippen LogP contribution in [0.1, 0.15) is 52.9 Å². The highest BCUT2D eigenvalue weighted by Crippen LogP contribution is 2.40. The summed E-state index contributed by atoms with van der Waals surface area (Å²) in [6.45, 7) is 13.2. The Kier molecular flexibility index (Phi) is 5.87. The molecule has 0 spiro atoms. The molecule has 3 aromatic heterocycles. The van der Waals surface area contributed by atoms with Gasteiger partial charge in [0.25, 0.3) is 0 Å². The van der Waals surface area contributed by atoms with Crippen LogP contribution in [-0.4, -0.2) is 25.4 Å². The number of nitrogens with one attached hydrogen (secondary N) is 2. The highest BCUT2D eigenvalue weighted by atomic mass is 15.1. The van der Waals surface area contributed by atoms with Crippen molar-refractivity contribution < 1.29 is 0 Å². The topological polar surface area (TPSA) is 70.2 Å². The van der Waals surface area contributed by atoms with Crippen LogP contribution in [0.5, 0.6) is 0 Å². The minimum absolute atomic E-state index is 0.0989. The van der Waals surface area contributed by atoms with Crippen molar-refractivity contribution in [1.29, 1.82) is 0 Å². The third-order valence-electron chi connectivity index (χ3n) is 6.39. The smallest absolute Gasteiger partial charge is 0.119 e. The Morgan fingerprint density at radius 3 is 1.25 bits per heavy atom. The third-order valence-corrected chi connectivity index (χ3v) is 6.39. The van der Waals surface area contributed by atoms with Gasteiger partial charge < -0.3 is 0 Å². The van der Waals surface area contributed by atoms with E-state index in [4.69, 9.17) is 15.2 Å². The Morgan fingerprint density at radius 2 is 0.889 bits per heavy atom. The van der Waals surface area contributed by atoms with Gasteiger partial charge in [-0.05, 0) is 23.3 Å². The van der Waals surface area contributed by atoms with E-state index in [1.165, 1.54) is 0 Å². The Bertz CT molecular complexity index is 1370. The largest absolute Gasteiger partial charge is 0.281 e. The maximum atomic E-state index is 5.11. The SMILES string of the molecule is CC(C)(C)c1[nH]nc(-c2cccc(-c3n[nH]c(C(C)(C)C)c3-c3ccccc3)n2)c1-c1ccccc1. The first-order valence-electron chi connectivity index (χ1n) is 12.4. The number of H-pyrrole nitrogens is 2. The zero-order valence-electron chi connectivity index (χ0n) is 21.8. The molecule has 2 N–H and O–H groups in total. The number of aromatic nitrogens is 5. The lowest BCUT2D eigenvalue weighted by molar-refractivity contribution is 0.568. The summed E-state index contributed by atoms with van der Waals surface area (Å²) in [5.41, 5.74) is 9.75. The standard InChI is InChI=1S/C31H33N5/c1-30(2,3)28-24(20-14-9-7-10-15-20)26(33-35-28)22-18-13-19-23(32-22)27-25(21-16-11-8-12-17-21)29(36-34-27)31(4,5)6/h7-19H,1-6H3,(H,33,35)(H,34,36). The quantitative estimate of drug-likeness (QED) is 0.279. The molecule has 0 fully saturated rings. The lowest BCUT2D eigenvalue weighted by Gasteiger charge is -2.19. The summed E-state index contributed by atoms with van der Waals surface area (Å²) in [4.78, 5) is 5.11. The zero-order chi connectivity index (χ0) is 25.5. The minimum atomic E-state index is -0.0989. The Labute approximate surface area is 213 Å². The van der Waals surface area contributed by atoms with Crippen molar-refractivity contribution in [3.63, 3.8) is 0 Å². The van der Waals surface area contributed by atoms with Crippen molar-refractivity contribution in [3.8, 4) is 45.0 Å². The lowest BCUT2D eigenvalue weighted by atomic mass is 9.85. The van der Waals surface area contributed by atoms with Crippen LogP contribution in [0.3, 0.4) is 0 Å². The van der Waals surface area contributed by atoms with Gasteiger partial charge in [-0.3, -0.25) is 10.2 Å².